The Morgan fingerprint density at radius 2 is 1.69 bits per heavy atom. The number of ketones is 1. The molecule has 2 aromatic carbocycles. The zero-order valence-electron chi connectivity index (χ0n) is 18.2. The van der Waals surface area contributed by atoms with Crippen molar-refractivity contribution in [2.45, 2.75) is 19.9 Å². The van der Waals surface area contributed by atoms with Crippen LogP contribution in [-0.4, -0.2) is 31.0 Å². The number of ether oxygens (including phenoxy) is 2. The second kappa shape index (κ2) is 8.26. The third-order valence-electron chi connectivity index (χ3n) is 5.49. The number of benzene rings is 2. The summed E-state index contributed by atoms with van der Waals surface area (Å²) in [6, 6.07) is 14.4. The van der Waals surface area contributed by atoms with Crippen molar-refractivity contribution in [3.05, 3.63) is 82.8 Å². The number of rotatable bonds is 5. The lowest BCUT2D eigenvalue weighted by Crippen LogP contribution is -2.29. The number of anilines is 1. The summed E-state index contributed by atoms with van der Waals surface area (Å²) in [5, 5.41) is 11.2. The van der Waals surface area contributed by atoms with E-state index in [2.05, 4.69) is 0 Å². The molecule has 1 saturated heterocycles. The number of aliphatic hydroxyl groups excluding tert-OH is 1. The van der Waals surface area contributed by atoms with Crippen LogP contribution in [0.2, 0.25) is 0 Å². The summed E-state index contributed by atoms with van der Waals surface area (Å²) < 4.78 is 16.5. The second-order valence-electron chi connectivity index (χ2n) is 7.47. The number of hydrogen-bond acceptors (Lipinski definition) is 6. The molecule has 0 bridgehead atoms. The molecule has 4 rings (SSSR count). The first-order valence-electron chi connectivity index (χ1n) is 10.0. The number of aryl methyl sites for hydroxylation is 2. The number of amides is 1. The Bertz CT molecular complexity index is 1240. The summed E-state index contributed by atoms with van der Waals surface area (Å²) in [5.74, 6) is 0.175. The normalized spacial score (nSPS) is 17.6. The average molecular weight is 433 g/mol. The predicted octanol–water partition coefficient (Wildman–Crippen LogP) is 4.54. The number of aliphatic hydroxyl groups is 1. The van der Waals surface area contributed by atoms with Gasteiger partial charge in [-0.2, -0.15) is 0 Å². The van der Waals surface area contributed by atoms with Gasteiger partial charge in [0.25, 0.3) is 11.7 Å². The van der Waals surface area contributed by atoms with E-state index in [1.54, 1.807) is 68.6 Å². The molecule has 1 atom stereocenters. The van der Waals surface area contributed by atoms with Gasteiger partial charge in [0, 0.05) is 5.56 Å². The van der Waals surface area contributed by atoms with Crippen LogP contribution in [0.1, 0.15) is 28.7 Å². The molecule has 164 valence electrons. The fourth-order valence-corrected chi connectivity index (χ4v) is 3.96. The van der Waals surface area contributed by atoms with E-state index in [1.807, 2.05) is 6.92 Å². The second-order valence-corrected chi connectivity index (χ2v) is 7.47. The lowest BCUT2D eigenvalue weighted by Gasteiger charge is -2.25. The van der Waals surface area contributed by atoms with Crippen molar-refractivity contribution >= 4 is 23.1 Å². The van der Waals surface area contributed by atoms with Gasteiger partial charge < -0.3 is 19.0 Å². The largest absolute Gasteiger partial charge is 0.507 e. The topological polar surface area (TPSA) is 89.2 Å². The van der Waals surface area contributed by atoms with Gasteiger partial charge in [0.2, 0.25) is 0 Å². The average Bonchev–Trinajstić information content (AvgIpc) is 3.34. The van der Waals surface area contributed by atoms with E-state index < -0.39 is 17.7 Å². The third-order valence-corrected chi connectivity index (χ3v) is 5.49. The van der Waals surface area contributed by atoms with Crippen molar-refractivity contribution in [2.75, 3.05) is 19.1 Å². The van der Waals surface area contributed by atoms with Gasteiger partial charge in [0.1, 0.15) is 34.8 Å². The summed E-state index contributed by atoms with van der Waals surface area (Å²) in [7, 11) is 3.04. The molecular weight excluding hydrogens is 410 g/mol. The molecule has 2 heterocycles. The molecule has 1 aliphatic rings. The van der Waals surface area contributed by atoms with Gasteiger partial charge >= 0.3 is 0 Å². The summed E-state index contributed by atoms with van der Waals surface area (Å²) in [6.45, 7) is 3.60. The predicted molar refractivity (Wildman–Crippen MR) is 119 cm³/mol. The highest BCUT2D eigenvalue weighted by molar-refractivity contribution is 6.51. The van der Waals surface area contributed by atoms with E-state index in [-0.39, 0.29) is 11.3 Å². The minimum absolute atomic E-state index is 0.0557. The SMILES string of the molecule is COc1ccc(/C(O)=C2/C(=O)C(=O)N(c3ccccc3OC)C2c2ccc(C)o2)cc1C. The van der Waals surface area contributed by atoms with Crippen LogP contribution in [0.3, 0.4) is 0 Å². The first-order valence-corrected chi connectivity index (χ1v) is 10.0. The van der Waals surface area contributed by atoms with Gasteiger partial charge in [-0.1, -0.05) is 12.1 Å². The Kier molecular flexibility index (Phi) is 5.48. The van der Waals surface area contributed by atoms with Crippen LogP contribution in [0.4, 0.5) is 5.69 Å². The third kappa shape index (κ3) is 3.41. The molecule has 0 spiro atoms. The fraction of sp³-hybridized carbons (Fsp3) is 0.200. The molecule has 1 aliphatic heterocycles. The van der Waals surface area contributed by atoms with E-state index in [0.29, 0.717) is 34.3 Å². The molecule has 1 N–H and O–H groups in total. The van der Waals surface area contributed by atoms with Crippen molar-refractivity contribution in [1.29, 1.82) is 0 Å². The Balaban J connectivity index is 1.95. The van der Waals surface area contributed by atoms with E-state index in [1.165, 1.54) is 12.0 Å². The summed E-state index contributed by atoms with van der Waals surface area (Å²) >= 11 is 0. The standard InChI is InChI=1S/C25H23NO6/c1-14-13-16(10-12-18(14)30-3)23(27)21-22(20-11-9-15(2)32-20)26(25(29)24(21)28)17-7-5-6-8-19(17)31-4/h5-13,22,27H,1-4H3/b23-21-. The Morgan fingerprint density at radius 3 is 2.31 bits per heavy atom. The maximum atomic E-state index is 13.2. The quantitative estimate of drug-likeness (QED) is 0.361. The van der Waals surface area contributed by atoms with Gasteiger partial charge in [0.15, 0.2) is 0 Å². The molecule has 0 aliphatic carbocycles. The van der Waals surface area contributed by atoms with E-state index in [0.717, 1.165) is 5.56 Å². The molecule has 1 fully saturated rings. The minimum Gasteiger partial charge on any atom is -0.507 e. The van der Waals surface area contributed by atoms with Crippen LogP contribution in [0.5, 0.6) is 11.5 Å². The van der Waals surface area contributed by atoms with Crippen LogP contribution < -0.4 is 14.4 Å². The number of furan rings is 1. The number of Topliss-reactive ketones (excluding diaryl/α,β-unsaturated/α-hetero) is 1. The van der Waals surface area contributed by atoms with Crippen molar-refractivity contribution < 1.29 is 28.6 Å². The molecule has 7 nitrogen and oxygen atoms in total. The summed E-state index contributed by atoms with van der Waals surface area (Å²) in [4.78, 5) is 27.7. The number of nitrogens with zero attached hydrogens (tertiary/aromatic N) is 1. The van der Waals surface area contributed by atoms with E-state index in [4.69, 9.17) is 13.9 Å². The summed E-state index contributed by atoms with van der Waals surface area (Å²) in [5.41, 5.74) is 1.52. The van der Waals surface area contributed by atoms with Crippen LogP contribution >= 0.6 is 0 Å². The van der Waals surface area contributed by atoms with Gasteiger partial charge in [-0.25, -0.2) is 0 Å². The lowest BCUT2D eigenvalue weighted by molar-refractivity contribution is -0.132. The van der Waals surface area contributed by atoms with Gasteiger partial charge in [0.05, 0.1) is 25.5 Å². The molecule has 1 unspecified atom stereocenters. The maximum Gasteiger partial charge on any atom is 0.300 e. The number of para-hydroxylation sites is 2. The lowest BCUT2D eigenvalue weighted by atomic mass is 9.98. The molecule has 7 heteroatoms. The highest BCUT2D eigenvalue weighted by Crippen LogP contribution is 2.45. The summed E-state index contributed by atoms with van der Waals surface area (Å²) in [6.07, 6.45) is 0. The molecule has 3 aromatic rings. The van der Waals surface area contributed by atoms with Gasteiger partial charge in [-0.15, -0.1) is 0 Å². The minimum atomic E-state index is -0.956. The van der Waals surface area contributed by atoms with Crippen LogP contribution in [0.15, 0.2) is 64.6 Å². The van der Waals surface area contributed by atoms with Crippen molar-refractivity contribution in [3.8, 4) is 11.5 Å². The highest BCUT2D eigenvalue weighted by Gasteiger charge is 2.49. The van der Waals surface area contributed by atoms with Crippen molar-refractivity contribution in [2.24, 2.45) is 0 Å². The van der Waals surface area contributed by atoms with Crippen LogP contribution in [0.25, 0.3) is 5.76 Å². The highest BCUT2D eigenvalue weighted by atomic mass is 16.5. The van der Waals surface area contributed by atoms with E-state index >= 15 is 0 Å². The molecule has 1 amide bonds. The van der Waals surface area contributed by atoms with Crippen molar-refractivity contribution in [3.63, 3.8) is 0 Å². The number of carbonyl (C=O) groups excluding carboxylic acids is 2. The molecule has 0 saturated carbocycles. The zero-order chi connectivity index (χ0) is 23.0. The Hall–Kier alpha value is -4.00. The molecule has 32 heavy (non-hydrogen) atoms. The fourth-order valence-electron chi connectivity index (χ4n) is 3.96. The number of hydrogen-bond donors (Lipinski definition) is 1. The Morgan fingerprint density at radius 1 is 0.969 bits per heavy atom. The first kappa shape index (κ1) is 21.2. The number of methoxy groups -OCH3 is 2. The Labute approximate surface area is 185 Å². The zero-order valence-corrected chi connectivity index (χ0v) is 18.2. The smallest absolute Gasteiger partial charge is 0.300 e. The van der Waals surface area contributed by atoms with Gasteiger partial charge in [-0.05, 0) is 61.9 Å². The van der Waals surface area contributed by atoms with E-state index in [9.17, 15) is 14.7 Å². The van der Waals surface area contributed by atoms with Gasteiger partial charge in [-0.3, -0.25) is 14.5 Å². The molecule has 0 radical (unpaired) electrons. The van der Waals surface area contributed by atoms with Crippen molar-refractivity contribution in [1.82, 2.24) is 0 Å². The first-order chi connectivity index (χ1) is 15.4. The van der Waals surface area contributed by atoms with Crippen LogP contribution in [-0.2, 0) is 9.59 Å². The molecule has 1 aromatic heterocycles. The van der Waals surface area contributed by atoms with Crippen LogP contribution in [0, 0.1) is 13.8 Å². The number of carbonyl (C=O) groups is 2. The molecular formula is C25H23NO6. The monoisotopic (exact) mass is 433 g/mol. The maximum absolute atomic E-state index is 13.2.